The molecule has 0 spiro atoms. The lowest BCUT2D eigenvalue weighted by Gasteiger charge is -2.36. The molecule has 0 heterocycles. The fourth-order valence-corrected chi connectivity index (χ4v) is 1.57. The van der Waals surface area contributed by atoms with Crippen LogP contribution in [0, 0.1) is 11.3 Å². The Bertz CT molecular complexity index is 220. The average molecular weight is 278 g/mol. The molecule has 2 unspecified atom stereocenters. The highest BCUT2D eigenvalue weighted by Gasteiger charge is 2.30. The van der Waals surface area contributed by atoms with Gasteiger partial charge in [0.25, 0.3) is 0 Å². The van der Waals surface area contributed by atoms with Crippen molar-refractivity contribution in [3.63, 3.8) is 0 Å². The molecule has 0 aliphatic carbocycles. The van der Waals surface area contributed by atoms with Crippen molar-refractivity contribution in [3.05, 3.63) is 0 Å². The van der Waals surface area contributed by atoms with E-state index in [1.807, 2.05) is 25.8 Å². The third-order valence-corrected chi connectivity index (χ3v) is 4.45. The molecule has 0 fully saturated rings. The van der Waals surface area contributed by atoms with Gasteiger partial charge in [-0.15, -0.1) is 0 Å². The molecule has 0 bridgehead atoms. The van der Waals surface area contributed by atoms with E-state index in [9.17, 15) is 4.79 Å². The largest absolute Gasteiger partial charge is 0.342 e. The summed E-state index contributed by atoms with van der Waals surface area (Å²) in [6.07, 6.45) is 0. The molecule has 15 heavy (non-hydrogen) atoms. The second-order valence-corrected chi connectivity index (χ2v) is 6.62. The SMILES string of the molecule is CC(C)C(Br)C(=O)N(C)C(C)C(C)(C)C. The average Bonchev–Trinajstić information content (AvgIpc) is 2.11. The topological polar surface area (TPSA) is 20.3 Å². The van der Waals surface area contributed by atoms with Gasteiger partial charge in [0.15, 0.2) is 0 Å². The predicted molar refractivity (Wildman–Crippen MR) is 69.2 cm³/mol. The molecular formula is C12H24BrNO. The predicted octanol–water partition coefficient (Wildman–Crippen LogP) is 3.30. The number of carbonyl (C=O) groups excluding carboxylic acids is 1. The zero-order valence-electron chi connectivity index (χ0n) is 11.0. The molecule has 0 aromatic carbocycles. The van der Waals surface area contributed by atoms with Crippen LogP contribution in [0.3, 0.4) is 0 Å². The van der Waals surface area contributed by atoms with Gasteiger partial charge in [0.2, 0.25) is 5.91 Å². The Balaban J connectivity index is 4.59. The van der Waals surface area contributed by atoms with Crippen molar-refractivity contribution in [1.82, 2.24) is 4.90 Å². The van der Waals surface area contributed by atoms with Crippen LogP contribution in [0.4, 0.5) is 0 Å². The number of hydrogen-bond acceptors (Lipinski definition) is 1. The molecule has 0 radical (unpaired) electrons. The molecular weight excluding hydrogens is 254 g/mol. The van der Waals surface area contributed by atoms with E-state index in [0.29, 0.717) is 5.92 Å². The van der Waals surface area contributed by atoms with Crippen molar-refractivity contribution < 1.29 is 4.79 Å². The summed E-state index contributed by atoms with van der Waals surface area (Å²) in [5.41, 5.74) is 0.119. The molecule has 0 aliphatic rings. The van der Waals surface area contributed by atoms with Crippen LogP contribution in [0.25, 0.3) is 0 Å². The van der Waals surface area contributed by atoms with Crippen molar-refractivity contribution in [2.75, 3.05) is 7.05 Å². The molecule has 0 aromatic rings. The number of halogens is 1. The van der Waals surface area contributed by atoms with Crippen molar-refractivity contribution in [2.45, 2.75) is 52.4 Å². The molecule has 0 saturated carbocycles. The first-order chi connectivity index (χ1) is 6.59. The Morgan fingerprint density at radius 3 is 1.87 bits per heavy atom. The number of rotatable bonds is 3. The highest BCUT2D eigenvalue weighted by molar-refractivity contribution is 9.10. The van der Waals surface area contributed by atoms with Gasteiger partial charge in [0.1, 0.15) is 0 Å². The van der Waals surface area contributed by atoms with Crippen LogP contribution in [-0.4, -0.2) is 28.7 Å². The minimum Gasteiger partial charge on any atom is -0.342 e. The minimum absolute atomic E-state index is 0.0766. The molecule has 2 atom stereocenters. The Kier molecular flexibility index (Phi) is 5.31. The summed E-state index contributed by atoms with van der Waals surface area (Å²) in [6.45, 7) is 12.7. The van der Waals surface area contributed by atoms with E-state index < -0.39 is 0 Å². The van der Waals surface area contributed by atoms with Gasteiger partial charge in [-0.25, -0.2) is 0 Å². The summed E-state index contributed by atoms with van der Waals surface area (Å²) in [5, 5.41) is 0. The van der Waals surface area contributed by atoms with E-state index in [1.165, 1.54) is 0 Å². The standard InChI is InChI=1S/C12H24BrNO/c1-8(2)10(13)11(15)14(7)9(3)12(4,5)6/h8-10H,1-7H3. The number of nitrogens with zero attached hydrogens (tertiary/aromatic N) is 1. The summed E-state index contributed by atoms with van der Waals surface area (Å²) < 4.78 is 0. The van der Waals surface area contributed by atoms with Gasteiger partial charge in [-0.2, -0.15) is 0 Å². The minimum atomic E-state index is -0.0766. The van der Waals surface area contributed by atoms with Gasteiger partial charge < -0.3 is 4.90 Å². The van der Waals surface area contributed by atoms with Gasteiger partial charge in [0.05, 0.1) is 4.83 Å². The maximum absolute atomic E-state index is 12.1. The van der Waals surface area contributed by atoms with Crippen LogP contribution in [0.5, 0.6) is 0 Å². The Morgan fingerprint density at radius 1 is 1.20 bits per heavy atom. The van der Waals surface area contributed by atoms with Crippen molar-refractivity contribution >= 4 is 21.8 Å². The fourth-order valence-electron chi connectivity index (χ4n) is 1.25. The van der Waals surface area contributed by atoms with Gasteiger partial charge in [-0.3, -0.25) is 4.79 Å². The number of alkyl halides is 1. The first kappa shape index (κ1) is 14.9. The summed E-state index contributed by atoms with van der Waals surface area (Å²) in [4.78, 5) is 13.8. The summed E-state index contributed by atoms with van der Waals surface area (Å²) in [7, 11) is 1.88. The third kappa shape index (κ3) is 4.13. The Labute approximate surface area is 103 Å². The number of amides is 1. The van der Waals surface area contributed by atoms with Gasteiger partial charge in [0, 0.05) is 13.1 Å². The quantitative estimate of drug-likeness (QED) is 0.725. The monoisotopic (exact) mass is 277 g/mol. The lowest BCUT2D eigenvalue weighted by atomic mass is 9.87. The normalized spacial score (nSPS) is 16.3. The molecule has 90 valence electrons. The molecule has 0 aliphatic heterocycles. The Hall–Kier alpha value is -0.0500. The number of hydrogen-bond donors (Lipinski definition) is 0. The summed E-state index contributed by atoms with van der Waals surface area (Å²) >= 11 is 3.45. The molecule has 0 rings (SSSR count). The van der Waals surface area contributed by atoms with Crippen molar-refractivity contribution in [1.29, 1.82) is 0 Å². The molecule has 0 aromatic heterocycles. The summed E-state index contributed by atoms with van der Waals surface area (Å²) in [6, 6.07) is 0.240. The molecule has 1 amide bonds. The van der Waals surface area contributed by atoms with Gasteiger partial charge in [-0.1, -0.05) is 50.5 Å². The van der Waals surface area contributed by atoms with Crippen LogP contribution in [-0.2, 0) is 4.79 Å². The van der Waals surface area contributed by atoms with Crippen molar-refractivity contribution in [3.8, 4) is 0 Å². The van der Waals surface area contributed by atoms with Gasteiger partial charge >= 0.3 is 0 Å². The lowest BCUT2D eigenvalue weighted by molar-refractivity contribution is -0.133. The van der Waals surface area contributed by atoms with Crippen LogP contribution < -0.4 is 0 Å². The van der Waals surface area contributed by atoms with E-state index >= 15 is 0 Å². The van der Waals surface area contributed by atoms with E-state index in [2.05, 4.69) is 43.6 Å². The maximum Gasteiger partial charge on any atom is 0.236 e. The van der Waals surface area contributed by atoms with E-state index in [1.54, 1.807) is 0 Å². The fraction of sp³-hybridized carbons (Fsp3) is 0.917. The first-order valence-electron chi connectivity index (χ1n) is 5.49. The summed E-state index contributed by atoms with van der Waals surface area (Å²) in [5.74, 6) is 0.500. The third-order valence-electron chi connectivity index (χ3n) is 3.00. The van der Waals surface area contributed by atoms with Crippen LogP contribution in [0.1, 0.15) is 41.5 Å². The highest BCUT2D eigenvalue weighted by atomic mass is 79.9. The maximum atomic E-state index is 12.1. The van der Waals surface area contributed by atoms with Crippen molar-refractivity contribution in [2.24, 2.45) is 11.3 Å². The zero-order valence-corrected chi connectivity index (χ0v) is 12.6. The second kappa shape index (κ2) is 5.33. The lowest BCUT2D eigenvalue weighted by Crippen LogP contribution is -2.46. The highest BCUT2D eigenvalue weighted by Crippen LogP contribution is 2.25. The smallest absolute Gasteiger partial charge is 0.236 e. The first-order valence-corrected chi connectivity index (χ1v) is 6.41. The van der Waals surface area contributed by atoms with Crippen LogP contribution in [0.15, 0.2) is 0 Å². The number of carbonyl (C=O) groups is 1. The molecule has 0 N–H and O–H groups in total. The molecule has 2 nitrogen and oxygen atoms in total. The van der Waals surface area contributed by atoms with Crippen LogP contribution >= 0.6 is 15.9 Å². The second-order valence-electron chi connectivity index (χ2n) is 5.64. The Morgan fingerprint density at radius 2 is 1.60 bits per heavy atom. The van der Waals surface area contributed by atoms with E-state index in [-0.39, 0.29) is 22.2 Å². The zero-order chi connectivity index (χ0) is 12.4. The van der Waals surface area contributed by atoms with Gasteiger partial charge in [-0.05, 0) is 18.3 Å². The van der Waals surface area contributed by atoms with E-state index in [4.69, 9.17) is 0 Å². The molecule has 3 heteroatoms. The molecule has 0 saturated heterocycles. The van der Waals surface area contributed by atoms with Crippen LogP contribution in [0.2, 0.25) is 0 Å². The van der Waals surface area contributed by atoms with E-state index in [0.717, 1.165) is 0 Å².